The van der Waals surface area contributed by atoms with Crippen LogP contribution in [-0.2, 0) is 24.4 Å². The molecule has 2 heterocycles. The minimum absolute atomic E-state index is 0.677. The van der Waals surface area contributed by atoms with Gasteiger partial charge in [0.2, 0.25) is 0 Å². The number of benzene rings is 1. The zero-order valence-electron chi connectivity index (χ0n) is 16.3. The van der Waals surface area contributed by atoms with Crippen molar-refractivity contribution in [1.29, 1.82) is 0 Å². The summed E-state index contributed by atoms with van der Waals surface area (Å²) in [6.45, 7) is 11.3. The zero-order chi connectivity index (χ0) is 18.9. The van der Waals surface area contributed by atoms with E-state index in [1.54, 1.807) is 11.3 Å². The molecule has 1 aromatic heterocycles. The topological polar surface area (TPSA) is 48.9 Å². The molecule has 1 aromatic carbocycles. The number of aryl methyl sites for hydroxylation is 1. The van der Waals surface area contributed by atoms with E-state index in [4.69, 9.17) is 9.73 Å². The number of aliphatic imine (C=N–C) groups is 1. The first-order valence-corrected chi connectivity index (χ1v) is 10.6. The largest absolute Gasteiger partial charge is 0.379 e. The summed E-state index contributed by atoms with van der Waals surface area (Å²) in [6, 6.07) is 11.0. The van der Waals surface area contributed by atoms with Crippen LogP contribution in [0, 0.1) is 6.92 Å². The Hall–Kier alpha value is -1.89. The van der Waals surface area contributed by atoms with Crippen LogP contribution in [0.5, 0.6) is 0 Å². The van der Waals surface area contributed by atoms with Crippen LogP contribution in [0.4, 0.5) is 0 Å². The lowest BCUT2D eigenvalue weighted by Crippen LogP contribution is -2.36. The van der Waals surface area contributed by atoms with E-state index < -0.39 is 0 Å². The molecule has 0 atom stereocenters. The molecule has 0 unspecified atom stereocenters. The van der Waals surface area contributed by atoms with Crippen LogP contribution in [0.15, 0.2) is 40.7 Å². The number of guanidine groups is 1. The molecule has 3 rings (SSSR count). The molecule has 146 valence electrons. The molecule has 2 N–H and O–H groups in total. The fourth-order valence-electron chi connectivity index (χ4n) is 3.03. The van der Waals surface area contributed by atoms with E-state index in [-0.39, 0.29) is 0 Å². The van der Waals surface area contributed by atoms with Gasteiger partial charge >= 0.3 is 0 Å². The molecule has 6 heteroatoms. The molecule has 1 aliphatic rings. The molecule has 5 nitrogen and oxygen atoms in total. The Morgan fingerprint density at radius 3 is 2.52 bits per heavy atom. The third-order valence-corrected chi connectivity index (χ3v) is 5.70. The maximum absolute atomic E-state index is 5.41. The third-order valence-electron chi connectivity index (χ3n) is 4.68. The van der Waals surface area contributed by atoms with Gasteiger partial charge in [-0.25, -0.2) is 4.99 Å². The average Bonchev–Trinajstić information content (AvgIpc) is 3.11. The Bertz CT molecular complexity index is 720. The number of nitrogens with one attached hydrogen (secondary N) is 2. The predicted octanol–water partition coefficient (Wildman–Crippen LogP) is 3.14. The standard InChI is InChI=1S/C21H30N4OS/c1-3-22-21(24-15-20-17(2)8-13-27-20)23-14-18-4-6-19(7-5-18)16-25-9-11-26-12-10-25/h4-8,13H,3,9-12,14-16H2,1-2H3,(H2,22,23,24). The summed E-state index contributed by atoms with van der Waals surface area (Å²) < 4.78 is 5.41. The minimum Gasteiger partial charge on any atom is -0.379 e. The average molecular weight is 387 g/mol. The van der Waals surface area contributed by atoms with Crippen molar-refractivity contribution in [2.75, 3.05) is 32.8 Å². The Kier molecular flexibility index (Phi) is 7.68. The molecule has 0 amide bonds. The van der Waals surface area contributed by atoms with Gasteiger partial charge in [0.1, 0.15) is 0 Å². The number of hydrogen-bond acceptors (Lipinski definition) is 4. The number of ether oxygens (including phenoxy) is 1. The Labute approximate surface area is 166 Å². The van der Waals surface area contributed by atoms with Gasteiger partial charge in [-0.15, -0.1) is 11.3 Å². The van der Waals surface area contributed by atoms with Crippen molar-refractivity contribution in [3.05, 3.63) is 57.3 Å². The van der Waals surface area contributed by atoms with Gasteiger partial charge in [-0.1, -0.05) is 24.3 Å². The van der Waals surface area contributed by atoms with Crippen LogP contribution in [0.3, 0.4) is 0 Å². The molecule has 1 saturated heterocycles. The normalized spacial score (nSPS) is 15.7. The Balaban J connectivity index is 1.52. The summed E-state index contributed by atoms with van der Waals surface area (Å²) in [4.78, 5) is 8.53. The minimum atomic E-state index is 0.677. The summed E-state index contributed by atoms with van der Waals surface area (Å²) in [7, 11) is 0. The van der Waals surface area contributed by atoms with Crippen LogP contribution in [0.1, 0.15) is 28.5 Å². The zero-order valence-corrected chi connectivity index (χ0v) is 17.1. The first kappa shape index (κ1) is 19.9. The van der Waals surface area contributed by atoms with Crippen LogP contribution in [-0.4, -0.2) is 43.7 Å². The highest BCUT2D eigenvalue weighted by molar-refractivity contribution is 7.10. The number of hydrogen-bond donors (Lipinski definition) is 2. The highest BCUT2D eigenvalue weighted by atomic mass is 32.1. The van der Waals surface area contributed by atoms with E-state index in [1.807, 2.05) is 0 Å². The maximum Gasteiger partial charge on any atom is 0.191 e. The van der Waals surface area contributed by atoms with Gasteiger partial charge in [-0.3, -0.25) is 4.90 Å². The lowest BCUT2D eigenvalue weighted by atomic mass is 10.1. The van der Waals surface area contributed by atoms with Crippen molar-refractivity contribution in [2.45, 2.75) is 33.5 Å². The second kappa shape index (κ2) is 10.4. The number of nitrogens with zero attached hydrogens (tertiary/aromatic N) is 2. The molecule has 0 bridgehead atoms. The van der Waals surface area contributed by atoms with Crippen molar-refractivity contribution in [2.24, 2.45) is 4.99 Å². The van der Waals surface area contributed by atoms with Crippen LogP contribution in [0.25, 0.3) is 0 Å². The summed E-state index contributed by atoms with van der Waals surface area (Å²) in [5, 5.41) is 8.89. The van der Waals surface area contributed by atoms with E-state index in [0.29, 0.717) is 6.54 Å². The monoisotopic (exact) mass is 386 g/mol. The van der Waals surface area contributed by atoms with Gasteiger partial charge in [0.25, 0.3) is 0 Å². The maximum atomic E-state index is 5.41. The Morgan fingerprint density at radius 1 is 1.11 bits per heavy atom. The van der Waals surface area contributed by atoms with E-state index in [0.717, 1.165) is 51.9 Å². The van der Waals surface area contributed by atoms with Gasteiger partial charge in [0, 0.05) is 31.1 Å². The first-order chi connectivity index (χ1) is 13.2. The van der Waals surface area contributed by atoms with Crippen LogP contribution < -0.4 is 10.6 Å². The van der Waals surface area contributed by atoms with Gasteiger partial charge in [-0.05, 0) is 42.0 Å². The van der Waals surface area contributed by atoms with Gasteiger partial charge in [0.15, 0.2) is 5.96 Å². The second-order valence-corrected chi connectivity index (χ2v) is 7.78. The molecule has 0 radical (unpaired) electrons. The summed E-state index contributed by atoms with van der Waals surface area (Å²) in [6.07, 6.45) is 0. The number of thiophene rings is 1. The quantitative estimate of drug-likeness (QED) is 0.567. The highest BCUT2D eigenvalue weighted by Crippen LogP contribution is 2.15. The van der Waals surface area contributed by atoms with E-state index >= 15 is 0 Å². The first-order valence-electron chi connectivity index (χ1n) is 9.67. The van der Waals surface area contributed by atoms with E-state index in [1.165, 1.54) is 21.6 Å². The fraction of sp³-hybridized carbons (Fsp3) is 0.476. The highest BCUT2D eigenvalue weighted by Gasteiger charge is 2.10. The third kappa shape index (κ3) is 6.34. The molecule has 1 aliphatic heterocycles. The van der Waals surface area contributed by atoms with Crippen molar-refractivity contribution < 1.29 is 4.74 Å². The van der Waals surface area contributed by atoms with Crippen molar-refractivity contribution in [1.82, 2.24) is 15.5 Å². The SMILES string of the molecule is CCNC(=NCc1ccc(CN2CCOCC2)cc1)NCc1sccc1C. The summed E-state index contributed by atoms with van der Waals surface area (Å²) in [5.41, 5.74) is 3.91. The molecule has 1 fully saturated rings. The molecule has 0 saturated carbocycles. The molecule has 0 spiro atoms. The lowest BCUT2D eigenvalue weighted by molar-refractivity contribution is 0.0342. The molecule has 27 heavy (non-hydrogen) atoms. The number of rotatable bonds is 7. The molecular formula is C21H30N4OS. The smallest absolute Gasteiger partial charge is 0.191 e. The molecule has 0 aliphatic carbocycles. The van der Waals surface area contributed by atoms with Crippen molar-refractivity contribution >= 4 is 17.3 Å². The number of morpholine rings is 1. The molecule has 2 aromatic rings. The van der Waals surface area contributed by atoms with Crippen molar-refractivity contribution in [3.8, 4) is 0 Å². The van der Waals surface area contributed by atoms with Gasteiger partial charge in [0.05, 0.1) is 26.3 Å². The van der Waals surface area contributed by atoms with Gasteiger partial charge < -0.3 is 15.4 Å². The Morgan fingerprint density at radius 2 is 1.85 bits per heavy atom. The van der Waals surface area contributed by atoms with Crippen molar-refractivity contribution in [3.63, 3.8) is 0 Å². The lowest BCUT2D eigenvalue weighted by Gasteiger charge is -2.26. The van der Waals surface area contributed by atoms with Crippen LogP contribution >= 0.6 is 11.3 Å². The second-order valence-electron chi connectivity index (χ2n) is 6.78. The summed E-state index contributed by atoms with van der Waals surface area (Å²) >= 11 is 1.78. The predicted molar refractivity (Wildman–Crippen MR) is 113 cm³/mol. The van der Waals surface area contributed by atoms with Gasteiger partial charge in [-0.2, -0.15) is 0 Å². The van der Waals surface area contributed by atoms with E-state index in [2.05, 4.69) is 65.1 Å². The fourth-order valence-corrected chi connectivity index (χ4v) is 3.87. The van der Waals surface area contributed by atoms with Crippen LogP contribution in [0.2, 0.25) is 0 Å². The van der Waals surface area contributed by atoms with E-state index in [9.17, 15) is 0 Å². The molecular weight excluding hydrogens is 356 g/mol. The summed E-state index contributed by atoms with van der Waals surface area (Å²) in [5.74, 6) is 0.864.